The summed E-state index contributed by atoms with van der Waals surface area (Å²) in [5.41, 5.74) is 1.72. The second kappa shape index (κ2) is 8.47. The lowest BCUT2D eigenvalue weighted by Crippen LogP contribution is -2.43. The fraction of sp³-hybridized carbons (Fsp3) is 0.350. The molecule has 0 saturated heterocycles. The van der Waals surface area contributed by atoms with Crippen LogP contribution in [0.25, 0.3) is 0 Å². The van der Waals surface area contributed by atoms with E-state index in [-0.39, 0.29) is 6.10 Å². The SMILES string of the molecule is C[C@@H](C[C@](C)(C#N)NCc1ccccc1)OCc1ccccc1. The van der Waals surface area contributed by atoms with Crippen molar-refractivity contribution in [1.29, 1.82) is 5.26 Å². The first-order valence-electron chi connectivity index (χ1n) is 7.97. The molecule has 0 heterocycles. The lowest BCUT2D eigenvalue weighted by Gasteiger charge is -2.27. The molecule has 120 valence electrons. The Balaban J connectivity index is 1.83. The van der Waals surface area contributed by atoms with E-state index in [1.165, 1.54) is 5.56 Å². The van der Waals surface area contributed by atoms with E-state index in [9.17, 15) is 5.26 Å². The predicted molar refractivity (Wildman–Crippen MR) is 92.6 cm³/mol. The summed E-state index contributed by atoms with van der Waals surface area (Å²) < 4.78 is 5.89. The normalized spacial score (nSPS) is 14.7. The van der Waals surface area contributed by atoms with Gasteiger partial charge in [0.25, 0.3) is 0 Å². The van der Waals surface area contributed by atoms with Gasteiger partial charge in [0.1, 0.15) is 5.54 Å². The van der Waals surface area contributed by atoms with E-state index in [4.69, 9.17) is 4.74 Å². The summed E-state index contributed by atoms with van der Waals surface area (Å²) >= 11 is 0. The first-order chi connectivity index (χ1) is 11.1. The summed E-state index contributed by atoms with van der Waals surface area (Å²) in [6.07, 6.45) is 0.645. The number of nitrogens with one attached hydrogen (secondary N) is 1. The van der Waals surface area contributed by atoms with E-state index in [2.05, 4.69) is 23.5 Å². The molecule has 0 spiro atoms. The number of hydrogen-bond donors (Lipinski definition) is 1. The summed E-state index contributed by atoms with van der Waals surface area (Å²) in [7, 11) is 0. The average Bonchev–Trinajstić information content (AvgIpc) is 2.60. The summed E-state index contributed by atoms with van der Waals surface area (Å²) in [5, 5.41) is 12.9. The Labute approximate surface area is 138 Å². The number of nitrogens with zero attached hydrogens (tertiary/aromatic N) is 1. The molecule has 0 aliphatic carbocycles. The highest BCUT2D eigenvalue weighted by Gasteiger charge is 2.26. The smallest absolute Gasteiger partial charge is 0.106 e. The van der Waals surface area contributed by atoms with Crippen LogP contribution in [-0.2, 0) is 17.9 Å². The van der Waals surface area contributed by atoms with Crippen LogP contribution in [0.15, 0.2) is 60.7 Å². The minimum Gasteiger partial charge on any atom is -0.374 e. The molecular formula is C20H24N2O. The van der Waals surface area contributed by atoms with E-state index in [1.54, 1.807) is 0 Å². The summed E-state index contributed by atoms with van der Waals surface area (Å²) in [5.74, 6) is 0. The van der Waals surface area contributed by atoms with Gasteiger partial charge in [-0.05, 0) is 25.0 Å². The third-order valence-corrected chi connectivity index (χ3v) is 3.85. The molecule has 0 unspecified atom stereocenters. The van der Waals surface area contributed by atoms with Gasteiger partial charge in [-0.2, -0.15) is 5.26 Å². The molecule has 3 heteroatoms. The van der Waals surface area contributed by atoms with Crippen molar-refractivity contribution in [3.8, 4) is 6.07 Å². The van der Waals surface area contributed by atoms with Crippen molar-refractivity contribution in [2.24, 2.45) is 0 Å². The standard InChI is InChI=1S/C20H24N2O/c1-17(23-15-19-11-7-4-8-12-19)13-20(2,16-21)22-14-18-9-5-3-6-10-18/h3-12,17,22H,13-15H2,1-2H3/t17-,20+/m0/s1. The van der Waals surface area contributed by atoms with Crippen LogP contribution in [0.3, 0.4) is 0 Å². The van der Waals surface area contributed by atoms with Gasteiger partial charge in [-0.1, -0.05) is 60.7 Å². The van der Waals surface area contributed by atoms with Crippen molar-refractivity contribution in [3.05, 3.63) is 71.8 Å². The van der Waals surface area contributed by atoms with Crippen molar-refractivity contribution < 1.29 is 4.74 Å². The van der Waals surface area contributed by atoms with E-state index >= 15 is 0 Å². The molecule has 0 aliphatic heterocycles. The summed E-state index contributed by atoms with van der Waals surface area (Å²) in [6, 6.07) is 22.6. The predicted octanol–water partition coefficient (Wildman–Crippen LogP) is 4.05. The molecule has 2 rings (SSSR count). The van der Waals surface area contributed by atoms with Crippen LogP contribution in [0, 0.1) is 11.3 Å². The van der Waals surface area contributed by atoms with Crippen molar-refractivity contribution in [1.82, 2.24) is 5.32 Å². The summed E-state index contributed by atoms with van der Waals surface area (Å²) in [4.78, 5) is 0. The lowest BCUT2D eigenvalue weighted by atomic mass is 9.96. The van der Waals surface area contributed by atoms with Crippen LogP contribution in [0.1, 0.15) is 31.4 Å². The maximum Gasteiger partial charge on any atom is 0.106 e. The number of benzene rings is 2. The summed E-state index contributed by atoms with van der Waals surface area (Å²) in [6.45, 7) is 5.19. The number of nitriles is 1. The molecule has 0 fully saturated rings. The molecule has 0 amide bonds. The number of hydrogen-bond acceptors (Lipinski definition) is 3. The average molecular weight is 308 g/mol. The third-order valence-electron chi connectivity index (χ3n) is 3.85. The molecule has 3 nitrogen and oxygen atoms in total. The van der Waals surface area contributed by atoms with Crippen molar-refractivity contribution in [3.63, 3.8) is 0 Å². The van der Waals surface area contributed by atoms with Crippen molar-refractivity contribution in [2.45, 2.75) is 45.1 Å². The Kier molecular flexibility index (Phi) is 6.34. The van der Waals surface area contributed by atoms with Crippen molar-refractivity contribution in [2.75, 3.05) is 0 Å². The Morgan fingerprint density at radius 3 is 2.17 bits per heavy atom. The minimum atomic E-state index is -0.605. The number of rotatable bonds is 8. The van der Waals surface area contributed by atoms with Gasteiger partial charge in [-0.3, -0.25) is 5.32 Å². The van der Waals surface area contributed by atoms with Gasteiger partial charge >= 0.3 is 0 Å². The van der Waals surface area contributed by atoms with E-state index in [0.717, 1.165) is 5.56 Å². The highest BCUT2D eigenvalue weighted by Crippen LogP contribution is 2.16. The highest BCUT2D eigenvalue weighted by molar-refractivity contribution is 5.16. The van der Waals surface area contributed by atoms with Crippen LogP contribution in [-0.4, -0.2) is 11.6 Å². The van der Waals surface area contributed by atoms with Crippen molar-refractivity contribution >= 4 is 0 Å². The molecule has 0 radical (unpaired) electrons. The largest absolute Gasteiger partial charge is 0.374 e. The zero-order valence-corrected chi connectivity index (χ0v) is 13.8. The zero-order valence-electron chi connectivity index (χ0n) is 13.8. The Bertz CT molecular complexity index is 621. The monoisotopic (exact) mass is 308 g/mol. The topological polar surface area (TPSA) is 45.0 Å². The molecule has 0 bridgehead atoms. The second-order valence-electron chi connectivity index (χ2n) is 6.09. The maximum atomic E-state index is 9.53. The maximum absolute atomic E-state index is 9.53. The van der Waals surface area contributed by atoms with E-state index in [1.807, 2.05) is 62.4 Å². The van der Waals surface area contributed by atoms with Crippen LogP contribution in [0.5, 0.6) is 0 Å². The van der Waals surface area contributed by atoms with Crippen LogP contribution in [0.4, 0.5) is 0 Å². The minimum absolute atomic E-state index is 0.00290. The zero-order chi connectivity index (χ0) is 16.5. The van der Waals surface area contributed by atoms with Crippen LogP contribution < -0.4 is 5.32 Å². The first-order valence-corrected chi connectivity index (χ1v) is 7.97. The van der Waals surface area contributed by atoms with Gasteiger partial charge in [-0.25, -0.2) is 0 Å². The molecule has 1 N–H and O–H groups in total. The molecular weight excluding hydrogens is 284 g/mol. The van der Waals surface area contributed by atoms with Gasteiger partial charge in [0, 0.05) is 13.0 Å². The molecule has 0 aromatic heterocycles. The van der Waals surface area contributed by atoms with E-state index in [0.29, 0.717) is 19.6 Å². The quantitative estimate of drug-likeness (QED) is 0.800. The van der Waals surface area contributed by atoms with Gasteiger partial charge in [0.15, 0.2) is 0 Å². The fourth-order valence-electron chi connectivity index (χ4n) is 2.50. The van der Waals surface area contributed by atoms with Gasteiger partial charge in [0.05, 0.1) is 18.8 Å². The molecule has 0 saturated carbocycles. The molecule has 2 atom stereocenters. The molecule has 23 heavy (non-hydrogen) atoms. The Hall–Kier alpha value is -2.15. The molecule has 2 aromatic rings. The number of ether oxygens (including phenoxy) is 1. The van der Waals surface area contributed by atoms with Gasteiger partial charge < -0.3 is 4.74 Å². The van der Waals surface area contributed by atoms with Gasteiger partial charge in [0.2, 0.25) is 0 Å². The second-order valence-corrected chi connectivity index (χ2v) is 6.09. The van der Waals surface area contributed by atoms with Gasteiger partial charge in [-0.15, -0.1) is 0 Å². The highest BCUT2D eigenvalue weighted by atomic mass is 16.5. The van der Waals surface area contributed by atoms with E-state index < -0.39 is 5.54 Å². The first kappa shape index (κ1) is 17.2. The third kappa shape index (κ3) is 5.86. The Morgan fingerprint density at radius 2 is 1.61 bits per heavy atom. The fourth-order valence-corrected chi connectivity index (χ4v) is 2.50. The van der Waals surface area contributed by atoms with Crippen LogP contribution >= 0.6 is 0 Å². The molecule has 0 aliphatic rings. The Morgan fingerprint density at radius 1 is 1.04 bits per heavy atom. The van der Waals surface area contributed by atoms with Crippen LogP contribution in [0.2, 0.25) is 0 Å². The molecule has 2 aromatic carbocycles. The lowest BCUT2D eigenvalue weighted by molar-refractivity contribution is 0.0354.